The van der Waals surface area contributed by atoms with Gasteiger partial charge in [-0.2, -0.15) is 0 Å². The summed E-state index contributed by atoms with van der Waals surface area (Å²) in [6.07, 6.45) is 4.48. The van der Waals surface area contributed by atoms with Crippen molar-refractivity contribution in [3.8, 4) is 0 Å². The number of carbonyl (C=O) groups excluding carboxylic acids is 2. The zero-order valence-corrected chi connectivity index (χ0v) is 15.0. The first-order valence-electron chi connectivity index (χ1n) is 8.57. The van der Waals surface area contributed by atoms with E-state index in [9.17, 15) is 9.59 Å². The van der Waals surface area contributed by atoms with Crippen molar-refractivity contribution in [2.75, 3.05) is 13.1 Å². The third-order valence-corrected chi connectivity index (χ3v) is 6.22. The van der Waals surface area contributed by atoms with Crippen LogP contribution < -0.4 is 5.32 Å². The second kappa shape index (κ2) is 6.27. The van der Waals surface area contributed by atoms with Crippen LogP contribution in [0.4, 0.5) is 0 Å². The Morgan fingerprint density at radius 2 is 2.00 bits per heavy atom. The molecule has 1 aromatic heterocycles. The molecule has 0 aromatic carbocycles. The van der Waals surface area contributed by atoms with Gasteiger partial charge in [0.15, 0.2) is 0 Å². The van der Waals surface area contributed by atoms with Crippen LogP contribution in [0.25, 0.3) is 0 Å². The van der Waals surface area contributed by atoms with E-state index in [0.717, 1.165) is 29.1 Å². The maximum Gasteiger partial charge on any atom is 0.263 e. The molecule has 2 fully saturated rings. The second-order valence-corrected chi connectivity index (χ2v) is 8.67. The molecule has 3 rings (SSSR count). The molecule has 1 unspecified atom stereocenters. The van der Waals surface area contributed by atoms with Crippen molar-refractivity contribution in [1.29, 1.82) is 0 Å². The Hall–Kier alpha value is -1.36. The van der Waals surface area contributed by atoms with Gasteiger partial charge in [-0.25, -0.2) is 0 Å². The third kappa shape index (κ3) is 3.16. The lowest BCUT2D eigenvalue weighted by atomic mass is 9.76. The van der Waals surface area contributed by atoms with Crippen molar-refractivity contribution in [2.45, 2.75) is 52.5 Å². The highest BCUT2D eigenvalue weighted by atomic mass is 32.1. The molecule has 1 saturated heterocycles. The average Bonchev–Trinajstić information content (AvgIpc) is 3.19. The molecule has 1 N–H and O–H groups in total. The molecule has 0 bridgehead atoms. The number of aryl methyl sites for hydroxylation is 1. The Labute approximate surface area is 142 Å². The van der Waals surface area contributed by atoms with E-state index in [1.165, 1.54) is 12.8 Å². The van der Waals surface area contributed by atoms with Crippen LogP contribution in [-0.4, -0.2) is 35.8 Å². The maximum atomic E-state index is 12.8. The van der Waals surface area contributed by atoms with Crippen molar-refractivity contribution in [1.82, 2.24) is 10.2 Å². The van der Waals surface area contributed by atoms with Crippen LogP contribution in [0.1, 0.15) is 54.1 Å². The first kappa shape index (κ1) is 16.5. The molecule has 1 aliphatic heterocycles. The van der Waals surface area contributed by atoms with Gasteiger partial charge in [0.05, 0.1) is 10.8 Å². The van der Waals surface area contributed by atoms with E-state index in [0.29, 0.717) is 6.54 Å². The van der Waals surface area contributed by atoms with Crippen LogP contribution in [0.2, 0.25) is 0 Å². The van der Waals surface area contributed by atoms with Crippen LogP contribution in [-0.2, 0) is 4.79 Å². The van der Waals surface area contributed by atoms with Gasteiger partial charge in [0.2, 0.25) is 5.91 Å². The average molecular weight is 334 g/mol. The van der Waals surface area contributed by atoms with Crippen LogP contribution in [0.3, 0.4) is 0 Å². The molecule has 23 heavy (non-hydrogen) atoms. The van der Waals surface area contributed by atoms with Crippen molar-refractivity contribution < 1.29 is 9.59 Å². The smallest absolute Gasteiger partial charge is 0.263 e. The first-order chi connectivity index (χ1) is 10.9. The molecule has 4 nitrogen and oxygen atoms in total. The fourth-order valence-corrected chi connectivity index (χ4v) is 5.00. The second-order valence-electron chi connectivity index (χ2n) is 7.38. The normalized spacial score (nSPS) is 23.0. The lowest BCUT2D eigenvalue weighted by Gasteiger charge is -2.29. The molecule has 126 valence electrons. The highest BCUT2D eigenvalue weighted by Gasteiger charge is 2.52. The van der Waals surface area contributed by atoms with Gasteiger partial charge in [0.1, 0.15) is 0 Å². The lowest BCUT2D eigenvalue weighted by molar-refractivity contribution is -0.128. The van der Waals surface area contributed by atoms with Gasteiger partial charge in [0, 0.05) is 29.4 Å². The molecule has 2 heterocycles. The topological polar surface area (TPSA) is 49.4 Å². The van der Waals surface area contributed by atoms with E-state index < -0.39 is 0 Å². The zero-order chi connectivity index (χ0) is 16.6. The minimum absolute atomic E-state index is 0.000930. The number of carbonyl (C=O) groups is 2. The molecule has 0 radical (unpaired) electrons. The summed E-state index contributed by atoms with van der Waals surface area (Å²) >= 11 is 1.54. The molecule has 5 heteroatoms. The molecular formula is C18H26N2O2S. The quantitative estimate of drug-likeness (QED) is 0.923. The summed E-state index contributed by atoms with van der Waals surface area (Å²) in [6.45, 7) is 7.30. The highest BCUT2D eigenvalue weighted by Crippen LogP contribution is 2.49. The summed E-state index contributed by atoms with van der Waals surface area (Å²) in [4.78, 5) is 29.3. The van der Waals surface area contributed by atoms with E-state index in [1.807, 2.05) is 37.8 Å². The number of rotatable bonds is 3. The van der Waals surface area contributed by atoms with Gasteiger partial charge < -0.3 is 10.2 Å². The van der Waals surface area contributed by atoms with Crippen LogP contribution in [0.15, 0.2) is 12.1 Å². The van der Waals surface area contributed by atoms with Crippen LogP contribution in [0, 0.1) is 18.3 Å². The summed E-state index contributed by atoms with van der Waals surface area (Å²) < 4.78 is 0. The minimum Gasteiger partial charge on any atom is -0.354 e. The molecule has 2 amide bonds. The summed E-state index contributed by atoms with van der Waals surface area (Å²) in [5, 5.41) is 3.06. The largest absolute Gasteiger partial charge is 0.354 e. The summed E-state index contributed by atoms with van der Waals surface area (Å²) in [7, 11) is 0. The molecule has 2 aliphatic rings. The number of nitrogens with zero attached hydrogens (tertiary/aromatic N) is 1. The SMILES string of the molecule is Cc1ccc(C(=O)N2CC(C(=O)NC(C)C)C3(CCCC3)C2)s1. The number of hydrogen-bond donors (Lipinski definition) is 1. The van der Waals surface area contributed by atoms with Crippen molar-refractivity contribution in [3.05, 3.63) is 21.9 Å². The Morgan fingerprint density at radius 1 is 1.30 bits per heavy atom. The van der Waals surface area contributed by atoms with Crippen molar-refractivity contribution in [3.63, 3.8) is 0 Å². The van der Waals surface area contributed by atoms with Gasteiger partial charge in [-0.05, 0) is 45.7 Å². The van der Waals surface area contributed by atoms with Gasteiger partial charge in [-0.3, -0.25) is 9.59 Å². The number of likely N-dealkylation sites (tertiary alicyclic amines) is 1. The van der Waals surface area contributed by atoms with E-state index >= 15 is 0 Å². The molecule has 1 aromatic rings. The lowest BCUT2D eigenvalue weighted by Crippen LogP contribution is -2.42. The number of thiophene rings is 1. The molecule has 1 aliphatic carbocycles. The highest BCUT2D eigenvalue weighted by molar-refractivity contribution is 7.13. The number of amides is 2. The number of hydrogen-bond acceptors (Lipinski definition) is 3. The standard InChI is InChI=1S/C18H26N2O2S/c1-12(2)19-16(21)14-10-20(11-18(14)8-4-5-9-18)17(22)15-7-6-13(3)23-15/h6-7,12,14H,4-5,8-11H2,1-3H3,(H,19,21). The molecule has 1 saturated carbocycles. The Bertz CT molecular complexity index is 602. The van der Waals surface area contributed by atoms with Gasteiger partial charge in [-0.15, -0.1) is 11.3 Å². The fraction of sp³-hybridized carbons (Fsp3) is 0.667. The summed E-state index contributed by atoms with van der Waals surface area (Å²) in [6, 6.07) is 4.04. The Kier molecular flexibility index (Phi) is 4.50. The van der Waals surface area contributed by atoms with Gasteiger partial charge in [0.25, 0.3) is 5.91 Å². The third-order valence-electron chi connectivity index (χ3n) is 5.23. The predicted octanol–water partition coefficient (Wildman–Crippen LogP) is 3.21. The monoisotopic (exact) mass is 334 g/mol. The van der Waals surface area contributed by atoms with Crippen LogP contribution in [0.5, 0.6) is 0 Å². The minimum atomic E-state index is -0.0580. The van der Waals surface area contributed by atoms with Crippen LogP contribution >= 0.6 is 11.3 Å². The Morgan fingerprint density at radius 3 is 2.57 bits per heavy atom. The van der Waals surface area contributed by atoms with Gasteiger partial charge in [-0.1, -0.05) is 12.8 Å². The zero-order valence-electron chi connectivity index (χ0n) is 14.2. The molecule has 1 spiro atoms. The first-order valence-corrected chi connectivity index (χ1v) is 9.39. The van der Waals surface area contributed by atoms with E-state index in [4.69, 9.17) is 0 Å². The van der Waals surface area contributed by atoms with E-state index in [-0.39, 0.29) is 29.2 Å². The number of nitrogens with one attached hydrogen (secondary N) is 1. The molecular weight excluding hydrogens is 308 g/mol. The fourth-order valence-electron chi connectivity index (χ4n) is 4.16. The van der Waals surface area contributed by atoms with E-state index in [1.54, 1.807) is 11.3 Å². The summed E-state index contributed by atoms with van der Waals surface area (Å²) in [5.74, 6) is 0.159. The van der Waals surface area contributed by atoms with Crippen molar-refractivity contribution >= 4 is 23.2 Å². The predicted molar refractivity (Wildman–Crippen MR) is 92.6 cm³/mol. The molecule has 1 atom stereocenters. The van der Waals surface area contributed by atoms with E-state index in [2.05, 4.69) is 5.32 Å². The van der Waals surface area contributed by atoms with Gasteiger partial charge >= 0.3 is 0 Å². The van der Waals surface area contributed by atoms with Crippen molar-refractivity contribution in [2.24, 2.45) is 11.3 Å². The summed E-state index contributed by atoms with van der Waals surface area (Å²) in [5.41, 5.74) is 0.000930. The Balaban J connectivity index is 1.80. The maximum absolute atomic E-state index is 12.8.